The Hall–Kier alpha value is -3.13. The van der Waals surface area contributed by atoms with Crippen molar-refractivity contribution in [3.05, 3.63) is 84.1 Å². The molecule has 3 aromatic rings. The number of aryl methyl sites for hydroxylation is 1. The number of Topliss-reactive ketones (excluding diaryl/α,β-unsaturated/α-hetero) is 1. The monoisotopic (exact) mass is 416 g/mol. The van der Waals surface area contributed by atoms with Gasteiger partial charge in [0.05, 0.1) is 12.8 Å². The van der Waals surface area contributed by atoms with E-state index in [9.17, 15) is 13.6 Å². The molecule has 8 heteroatoms. The van der Waals surface area contributed by atoms with Crippen molar-refractivity contribution in [3.63, 3.8) is 0 Å². The maximum Gasteiger partial charge on any atom is 0.387 e. The zero-order valence-electron chi connectivity index (χ0n) is 15.5. The summed E-state index contributed by atoms with van der Waals surface area (Å²) >= 11 is 5.46. The predicted octanol–water partition coefficient (Wildman–Crippen LogP) is 4.05. The number of carbonyl (C=O) groups is 1. The van der Waals surface area contributed by atoms with E-state index in [1.165, 1.54) is 30.5 Å². The normalized spacial score (nSPS) is 12.8. The van der Waals surface area contributed by atoms with Crippen molar-refractivity contribution in [2.75, 3.05) is 0 Å². The van der Waals surface area contributed by atoms with Gasteiger partial charge in [0, 0.05) is 17.2 Å². The second-order valence-electron chi connectivity index (χ2n) is 6.23. The molecule has 3 rings (SSSR count). The van der Waals surface area contributed by atoms with Crippen LogP contribution in [0.3, 0.4) is 0 Å². The zero-order valence-corrected chi connectivity index (χ0v) is 16.3. The highest BCUT2D eigenvalue weighted by atomic mass is 32.1. The van der Waals surface area contributed by atoms with Crippen LogP contribution in [0.5, 0.6) is 5.75 Å². The molecule has 0 amide bonds. The third kappa shape index (κ3) is 5.45. The first kappa shape index (κ1) is 20.6. The second-order valence-corrected chi connectivity index (χ2v) is 6.65. The number of aliphatic imine (C=N–C) groups is 1. The summed E-state index contributed by atoms with van der Waals surface area (Å²) in [4.78, 5) is 17.6. The Labute approximate surface area is 172 Å². The lowest BCUT2D eigenvalue weighted by atomic mass is 10.0. The van der Waals surface area contributed by atoms with Crippen LogP contribution in [0.25, 0.3) is 0 Å². The molecule has 150 valence electrons. The highest BCUT2D eigenvalue weighted by Gasteiger charge is 2.28. The number of aromatic nitrogens is 1. The van der Waals surface area contributed by atoms with E-state index < -0.39 is 12.7 Å². The van der Waals surface area contributed by atoms with Gasteiger partial charge in [-0.1, -0.05) is 0 Å². The van der Waals surface area contributed by atoms with Crippen LogP contribution in [0.15, 0.2) is 76.6 Å². The number of carbonyl (C=O) groups excluding carboxylic acids is 1. The molecular weight excluding hydrogens is 398 g/mol. The Balaban J connectivity index is 1.91. The van der Waals surface area contributed by atoms with E-state index >= 15 is 0 Å². The lowest BCUT2D eigenvalue weighted by molar-refractivity contribution is -0.692. The number of hydrogen-bond acceptors (Lipinski definition) is 5. The number of furan rings is 1. The van der Waals surface area contributed by atoms with Crippen LogP contribution in [-0.2, 0) is 19.2 Å². The van der Waals surface area contributed by atoms with Gasteiger partial charge in [-0.05, 0) is 54.4 Å². The van der Waals surface area contributed by atoms with Gasteiger partial charge >= 0.3 is 6.61 Å². The summed E-state index contributed by atoms with van der Waals surface area (Å²) in [5.74, 6) is 0.292. The Morgan fingerprint density at radius 2 is 1.97 bits per heavy atom. The molecule has 0 radical (unpaired) electrons. The Kier molecular flexibility index (Phi) is 6.66. The summed E-state index contributed by atoms with van der Waals surface area (Å²) in [6.45, 7) is -0.819. The Morgan fingerprint density at radius 3 is 2.59 bits per heavy atom. The van der Waals surface area contributed by atoms with E-state index in [-0.39, 0.29) is 23.1 Å². The number of hydrogen-bond donors (Lipinski definition) is 0. The lowest BCUT2D eigenvalue weighted by Gasteiger charge is -2.19. The molecule has 2 aromatic heterocycles. The zero-order chi connectivity index (χ0) is 20.8. The van der Waals surface area contributed by atoms with Crippen LogP contribution in [0.4, 0.5) is 8.78 Å². The molecule has 0 bridgehead atoms. The highest BCUT2D eigenvalue weighted by molar-refractivity contribution is 7.77. The second kappa shape index (κ2) is 9.38. The van der Waals surface area contributed by atoms with Crippen LogP contribution in [0, 0.1) is 6.92 Å². The van der Waals surface area contributed by atoms with Crippen molar-refractivity contribution < 1.29 is 27.3 Å². The molecule has 0 saturated carbocycles. The number of benzene rings is 1. The molecule has 0 N–H and O–H groups in total. The molecule has 2 heterocycles. The number of ether oxygens (including phenoxy) is 1. The summed E-state index contributed by atoms with van der Waals surface area (Å²) < 4.78 is 36.0. The third-order valence-electron chi connectivity index (χ3n) is 4.09. The maximum absolute atomic E-state index is 13.2. The van der Waals surface area contributed by atoms with Crippen LogP contribution in [0.2, 0.25) is 0 Å². The van der Waals surface area contributed by atoms with E-state index in [0.29, 0.717) is 11.3 Å². The topological polar surface area (TPSA) is 55.7 Å². The number of ketones is 1. The average Bonchev–Trinajstić information content (AvgIpc) is 3.20. The van der Waals surface area contributed by atoms with Gasteiger partial charge in [0.15, 0.2) is 12.4 Å². The van der Waals surface area contributed by atoms with E-state index in [1.807, 2.05) is 19.1 Å². The highest BCUT2D eigenvalue weighted by Crippen LogP contribution is 2.18. The first-order chi connectivity index (χ1) is 13.9. The predicted molar refractivity (Wildman–Crippen MR) is 105 cm³/mol. The van der Waals surface area contributed by atoms with Crippen molar-refractivity contribution in [2.24, 2.45) is 4.99 Å². The smallest absolute Gasteiger partial charge is 0.387 e. The molecular formula is C21H18F2N2O3S. The third-order valence-corrected chi connectivity index (χ3v) is 4.44. The average molecular weight is 416 g/mol. The molecule has 0 unspecified atom stereocenters. The van der Waals surface area contributed by atoms with Crippen molar-refractivity contribution in [3.8, 4) is 5.75 Å². The van der Waals surface area contributed by atoms with E-state index in [1.54, 1.807) is 29.1 Å². The van der Waals surface area contributed by atoms with Crippen LogP contribution >= 0.6 is 0 Å². The van der Waals surface area contributed by atoms with Gasteiger partial charge in [-0.2, -0.15) is 13.3 Å². The lowest BCUT2D eigenvalue weighted by Crippen LogP contribution is -2.47. The molecule has 1 aromatic carbocycles. The quantitative estimate of drug-likeness (QED) is 0.183. The Bertz CT molecular complexity index is 989. The first-order valence-electron chi connectivity index (χ1n) is 8.74. The van der Waals surface area contributed by atoms with Gasteiger partial charge in [0.25, 0.3) is 0 Å². The van der Waals surface area contributed by atoms with Gasteiger partial charge in [-0.3, -0.25) is 4.79 Å². The molecule has 0 saturated heterocycles. The summed E-state index contributed by atoms with van der Waals surface area (Å²) in [7, 11) is 0. The van der Waals surface area contributed by atoms with Crippen molar-refractivity contribution in [1.82, 2.24) is 0 Å². The summed E-state index contributed by atoms with van der Waals surface area (Å²) in [5.41, 5.74) is 1.25. The van der Waals surface area contributed by atoms with Crippen LogP contribution in [-0.4, -0.2) is 17.4 Å². The number of rotatable bonds is 8. The fraction of sp³-hybridized carbons (Fsp3) is 0.190. The number of alkyl halides is 2. The molecule has 0 aliphatic rings. The fourth-order valence-electron chi connectivity index (χ4n) is 2.75. The minimum Gasteiger partial charge on any atom is -0.758 e. The largest absolute Gasteiger partial charge is 0.758 e. The maximum atomic E-state index is 13.2. The molecule has 0 spiro atoms. The van der Waals surface area contributed by atoms with E-state index in [0.717, 1.165) is 5.56 Å². The molecule has 1 atom stereocenters. The first-order valence-corrected chi connectivity index (χ1v) is 9.15. The van der Waals surface area contributed by atoms with Crippen molar-refractivity contribution >= 4 is 23.5 Å². The van der Waals surface area contributed by atoms with Gasteiger partial charge < -0.3 is 26.8 Å². The van der Waals surface area contributed by atoms with Crippen molar-refractivity contribution in [1.29, 1.82) is 0 Å². The van der Waals surface area contributed by atoms with Gasteiger partial charge in [-0.15, -0.1) is 0 Å². The molecule has 0 aliphatic heterocycles. The molecule has 0 aliphatic carbocycles. The van der Waals surface area contributed by atoms with Crippen LogP contribution < -0.4 is 9.30 Å². The fourth-order valence-corrected chi connectivity index (χ4v) is 3.05. The SMILES string of the molecule is Cc1ccc[n+]([C@@H](C(=O)c2ccc(OC(F)F)cc2)C([S-])=NCc2ccco2)c1. The number of nitrogens with zero attached hydrogens (tertiary/aromatic N) is 2. The molecule has 29 heavy (non-hydrogen) atoms. The van der Waals surface area contributed by atoms with Crippen molar-refractivity contribution in [2.45, 2.75) is 26.1 Å². The molecule has 5 nitrogen and oxygen atoms in total. The van der Waals surface area contributed by atoms with E-state index in [2.05, 4.69) is 9.73 Å². The van der Waals surface area contributed by atoms with Gasteiger partial charge in [0.1, 0.15) is 11.5 Å². The summed E-state index contributed by atoms with van der Waals surface area (Å²) in [5, 5.41) is 0.190. The minimum atomic E-state index is -2.93. The molecule has 0 fully saturated rings. The van der Waals surface area contributed by atoms with Gasteiger partial charge in [-0.25, -0.2) is 0 Å². The van der Waals surface area contributed by atoms with Crippen LogP contribution in [0.1, 0.15) is 27.7 Å². The number of halogens is 2. The van der Waals surface area contributed by atoms with Gasteiger partial charge in [0.2, 0.25) is 11.8 Å². The Morgan fingerprint density at radius 1 is 1.21 bits per heavy atom. The van der Waals surface area contributed by atoms with E-state index in [4.69, 9.17) is 17.0 Å². The number of pyridine rings is 1. The summed E-state index contributed by atoms with van der Waals surface area (Å²) in [6, 6.07) is 11.9. The summed E-state index contributed by atoms with van der Waals surface area (Å²) in [6.07, 6.45) is 5.07. The minimum absolute atomic E-state index is 0.0265. The standard InChI is InChI=1S/C21H18F2N2O3S/c1-14-4-2-10-25(13-14)18(20(29)24-12-17-5-3-11-27-17)19(26)15-6-8-16(9-7-15)28-21(22)23/h2-11,13,18,21H,12H2,1H3/t18-/m0/s1.